The van der Waals surface area contributed by atoms with E-state index in [4.69, 9.17) is 0 Å². The lowest BCUT2D eigenvalue weighted by Crippen LogP contribution is -2.35. The number of benzene rings is 1. The van der Waals surface area contributed by atoms with Crippen LogP contribution in [0, 0.1) is 19.7 Å². The zero-order chi connectivity index (χ0) is 13.1. The average molecular weight is 250 g/mol. The molecule has 1 fully saturated rings. The fourth-order valence-corrected chi connectivity index (χ4v) is 2.36. The van der Waals surface area contributed by atoms with E-state index in [-0.39, 0.29) is 17.8 Å². The second-order valence-corrected chi connectivity index (χ2v) is 4.98. The maximum atomic E-state index is 13.5. The fraction of sp³-hybridized carbons (Fsp3) is 0.500. The van der Waals surface area contributed by atoms with Crippen molar-refractivity contribution in [1.29, 1.82) is 0 Å². The van der Waals surface area contributed by atoms with Crippen molar-refractivity contribution in [3.05, 3.63) is 34.6 Å². The molecule has 0 aromatic heterocycles. The van der Waals surface area contributed by atoms with Crippen molar-refractivity contribution < 1.29 is 9.18 Å². The Balaban J connectivity index is 1.85. The molecule has 0 bridgehead atoms. The first-order chi connectivity index (χ1) is 8.56. The number of hydrogen-bond donors (Lipinski definition) is 2. The Bertz CT molecular complexity index is 436. The zero-order valence-corrected chi connectivity index (χ0v) is 10.8. The van der Waals surface area contributed by atoms with Crippen LogP contribution in [0.1, 0.15) is 29.5 Å². The molecule has 1 amide bonds. The van der Waals surface area contributed by atoms with Gasteiger partial charge in [-0.25, -0.2) is 4.39 Å². The summed E-state index contributed by atoms with van der Waals surface area (Å²) in [5, 5.41) is 6.21. The Hall–Kier alpha value is -1.42. The number of halogens is 1. The Morgan fingerprint density at radius 2 is 2.06 bits per heavy atom. The summed E-state index contributed by atoms with van der Waals surface area (Å²) < 4.78 is 13.5. The van der Waals surface area contributed by atoms with Gasteiger partial charge in [0.2, 0.25) is 5.91 Å². The predicted octanol–water partition coefficient (Wildman–Crippen LogP) is 1.81. The highest BCUT2D eigenvalue weighted by Crippen LogP contribution is 2.14. The van der Waals surface area contributed by atoms with Gasteiger partial charge < -0.3 is 10.6 Å². The standard InChI is InChI=1S/C14H19FN2O/c1-9-5-11(6-10(2)14(9)15)7-16-8-12-3-4-13(18)17-12/h5-6,12,16H,3-4,7-8H2,1-2H3,(H,17,18). The second kappa shape index (κ2) is 5.48. The van der Waals surface area contributed by atoms with Crippen molar-refractivity contribution in [3.8, 4) is 0 Å². The summed E-state index contributed by atoms with van der Waals surface area (Å²) in [6, 6.07) is 3.96. The lowest BCUT2D eigenvalue weighted by atomic mass is 10.1. The van der Waals surface area contributed by atoms with Gasteiger partial charge in [-0.3, -0.25) is 4.79 Å². The molecule has 4 heteroatoms. The van der Waals surface area contributed by atoms with Gasteiger partial charge in [0, 0.05) is 25.6 Å². The molecule has 0 aliphatic carbocycles. The molecule has 1 aromatic rings. The van der Waals surface area contributed by atoms with Gasteiger partial charge >= 0.3 is 0 Å². The smallest absolute Gasteiger partial charge is 0.220 e. The molecule has 18 heavy (non-hydrogen) atoms. The minimum Gasteiger partial charge on any atom is -0.352 e. The third kappa shape index (κ3) is 3.07. The summed E-state index contributed by atoms with van der Waals surface area (Å²) in [7, 11) is 0. The molecular formula is C14H19FN2O. The Kier molecular flexibility index (Phi) is 3.97. The fourth-order valence-electron chi connectivity index (χ4n) is 2.36. The van der Waals surface area contributed by atoms with Gasteiger partial charge in [-0.05, 0) is 37.0 Å². The van der Waals surface area contributed by atoms with Crippen LogP contribution in [0.15, 0.2) is 12.1 Å². The van der Waals surface area contributed by atoms with Crippen LogP contribution in [0.4, 0.5) is 4.39 Å². The molecule has 1 aromatic carbocycles. The number of amides is 1. The number of rotatable bonds is 4. The van der Waals surface area contributed by atoms with E-state index in [1.165, 1.54) is 0 Å². The summed E-state index contributed by atoms with van der Waals surface area (Å²) in [4.78, 5) is 11.0. The zero-order valence-electron chi connectivity index (χ0n) is 10.8. The molecule has 1 saturated heterocycles. The minimum atomic E-state index is -0.123. The molecule has 2 rings (SSSR count). The van der Waals surface area contributed by atoms with Crippen LogP contribution >= 0.6 is 0 Å². The van der Waals surface area contributed by atoms with Crippen LogP contribution in [0.5, 0.6) is 0 Å². The van der Waals surface area contributed by atoms with E-state index >= 15 is 0 Å². The topological polar surface area (TPSA) is 41.1 Å². The van der Waals surface area contributed by atoms with Crippen LogP contribution in [-0.4, -0.2) is 18.5 Å². The van der Waals surface area contributed by atoms with Gasteiger partial charge in [0.1, 0.15) is 5.82 Å². The van der Waals surface area contributed by atoms with Crippen LogP contribution < -0.4 is 10.6 Å². The molecule has 0 spiro atoms. The molecule has 1 heterocycles. The Labute approximate surface area is 107 Å². The van der Waals surface area contributed by atoms with Gasteiger partial charge in [0.15, 0.2) is 0 Å². The molecule has 1 aliphatic rings. The number of carbonyl (C=O) groups excluding carboxylic acids is 1. The van der Waals surface area contributed by atoms with Crippen molar-refractivity contribution in [3.63, 3.8) is 0 Å². The van der Waals surface area contributed by atoms with Gasteiger partial charge in [-0.1, -0.05) is 12.1 Å². The number of carbonyl (C=O) groups is 1. The molecule has 98 valence electrons. The third-order valence-corrected chi connectivity index (χ3v) is 3.30. The van der Waals surface area contributed by atoms with Crippen LogP contribution in [0.2, 0.25) is 0 Å². The van der Waals surface area contributed by atoms with E-state index in [1.54, 1.807) is 13.8 Å². The van der Waals surface area contributed by atoms with Crippen molar-refractivity contribution in [2.45, 2.75) is 39.3 Å². The Morgan fingerprint density at radius 1 is 1.39 bits per heavy atom. The summed E-state index contributed by atoms with van der Waals surface area (Å²) >= 11 is 0. The number of nitrogens with one attached hydrogen (secondary N) is 2. The van der Waals surface area contributed by atoms with Crippen LogP contribution in [-0.2, 0) is 11.3 Å². The monoisotopic (exact) mass is 250 g/mol. The molecule has 1 aliphatic heterocycles. The minimum absolute atomic E-state index is 0.123. The van der Waals surface area contributed by atoms with E-state index in [1.807, 2.05) is 12.1 Å². The SMILES string of the molecule is Cc1cc(CNCC2CCC(=O)N2)cc(C)c1F. The summed E-state index contributed by atoms with van der Waals surface area (Å²) in [5.74, 6) is 0.0112. The third-order valence-electron chi connectivity index (χ3n) is 3.30. The average Bonchev–Trinajstić information content (AvgIpc) is 2.72. The van der Waals surface area contributed by atoms with E-state index in [0.717, 1.165) is 18.5 Å². The van der Waals surface area contributed by atoms with Gasteiger partial charge in [-0.2, -0.15) is 0 Å². The van der Waals surface area contributed by atoms with E-state index in [0.29, 0.717) is 24.1 Å². The number of hydrogen-bond acceptors (Lipinski definition) is 2. The molecule has 0 saturated carbocycles. The van der Waals surface area contributed by atoms with Crippen molar-refractivity contribution >= 4 is 5.91 Å². The first-order valence-electron chi connectivity index (χ1n) is 6.32. The summed E-state index contributed by atoms with van der Waals surface area (Å²) in [5.41, 5.74) is 2.44. The highest BCUT2D eigenvalue weighted by molar-refractivity contribution is 5.78. The first-order valence-corrected chi connectivity index (χ1v) is 6.32. The highest BCUT2D eigenvalue weighted by atomic mass is 19.1. The Morgan fingerprint density at radius 3 is 2.61 bits per heavy atom. The lowest BCUT2D eigenvalue weighted by molar-refractivity contribution is -0.119. The van der Waals surface area contributed by atoms with E-state index in [2.05, 4.69) is 10.6 Å². The highest BCUT2D eigenvalue weighted by Gasteiger charge is 2.19. The molecule has 1 unspecified atom stereocenters. The largest absolute Gasteiger partial charge is 0.352 e. The maximum Gasteiger partial charge on any atom is 0.220 e. The van der Waals surface area contributed by atoms with Crippen molar-refractivity contribution in [1.82, 2.24) is 10.6 Å². The molecule has 2 N–H and O–H groups in total. The quantitative estimate of drug-likeness (QED) is 0.855. The van der Waals surface area contributed by atoms with Gasteiger partial charge in [0.05, 0.1) is 0 Å². The number of aryl methyl sites for hydroxylation is 2. The van der Waals surface area contributed by atoms with Crippen molar-refractivity contribution in [2.75, 3.05) is 6.54 Å². The van der Waals surface area contributed by atoms with Crippen LogP contribution in [0.25, 0.3) is 0 Å². The molecule has 3 nitrogen and oxygen atoms in total. The van der Waals surface area contributed by atoms with E-state index < -0.39 is 0 Å². The first kappa shape index (κ1) is 13.0. The normalized spacial score (nSPS) is 19.1. The van der Waals surface area contributed by atoms with Gasteiger partial charge in [0.25, 0.3) is 0 Å². The van der Waals surface area contributed by atoms with E-state index in [9.17, 15) is 9.18 Å². The molecule has 1 atom stereocenters. The van der Waals surface area contributed by atoms with Crippen molar-refractivity contribution in [2.24, 2.45) is 0 Å². The molecule has 0 radical (unpaired) electrons. The predicted molar refractivity (Wildman–Crippen MR) is 68.7 cm³/mol. The summed E-state index contributed by atoms with van der Waals surface area (Å²) in [6.45, 7) is 5.03. The van der Waals surface area contributed by atoms with Crippen LogP contribution in [0.3, 0.4) is 0 Å². The maximum absolute atomic E-state index is 13.5. The summed E-state index contributed by atoms with van der Waals surface area (Å²) in [6.07, 6.45) is 1.52. The van der Waals surface area contributed by atoms with Gasteiger partial charge in [-0.15, -0.1) is 0 Å². The second-order valence-electron chi connectivity index (χ2n) is 4.98. The lowest BCUT2D eigenvalue weighted by Gasteiger charge is -2.12. The molecular weight excluding hydrogens is 231 g/mol.